The number of aliphatic hydroxyl groups excluding tert-OH is 1. The molecule has 2 fully saturated rings. The first kappa shape index (κ1) is 19.3. The number of carboxylic acid groups (broad SMARTS) is 1. The number of rotatable bonds is 6. The average molecular weight is 360 g/mol. The second-order valence-electron chi connectivity index (χ2n) is 7.96. The monoisotopic (exact) mass is 360 g/mol. The Kier molecular flexibility index (Phi) is 6.33. The van der Waals surface area contributed by atoms with Crippen LogP contribution in [-0.2, 0) is 11.3 Å². The van der Waals surface area contributed by atoms with Crippen LogP contribution in [0.4, 0.5) is 0 Å². The molecule has 0 unspecified atom stereocenters. The molecule has 0 spiro atoms. The van der Waals surface area contributed by atoms with Gasteiger partial charge in [0.2, 0.25) is 0 Å². The highest BCUT2D eigenvalue weighted by molar-refractivity contribution is 5.75. The molecule has 2 heterocycles. The first-order chi connectivity index (χ1) is 12.5. The van der Waals surface area contributed by atoms with Gasteiger partial charge in [-0.1, -0.05) is 43.7 Å². The van der Waals surface area contributed by atoms with Gasteiger partial charge in [0.05, 0.1) is 11.5 Å². The van der Waals surface area contributed by atoms with E-state index in [-0.39, 0.29) is 0 Å². The van der Waals surface area contributed by atoms with E-state index in [0.717, 1.165) is 45.4 Å². The van der Waals surface area contributed by atoms with E-state index in [0.29, 0.717) is 25.4 Å². The van der Waals surface area contributed by atoms with Gasteiger partial charge in [-0.3, -0.25) is 14.6 Å². The van der Waals surface area contributed by atoms with Crippen LogP contribution in [0, 0.1) is 5.41 Å². The van der Waals surface area contributed by atoms with Crippen LogP contribution in [0.15, 0.2) is 30.3 Å². The van der Waals surface area contributed by atoms with Gasteiger partial charge in [-0.25, -0.2) is 0 Å². The molecular formula is C21H32N2O3. The van der Waals surface area contributed by atoms with Crippen LogP contribution in [-0.4, -0.2) is 64.3 Å². The Labute approximate surface area is 156 Å². The zero-order valence-electron chi connectivity index (χ0n) is 15.8. The van der Waals surface area contributed by atoms with Gasteiger partial charge in [-0.15, -0.1) is 0 Å². The molecule has 0 saturated carbocycles. The number of aliphatic carboxylic acids is 1. The van der Waals surface area contributed by atoms with E-state index < -0.39 is 17.5 Å². The van der Waals surface area contributed by atoms with Crippen LogP contribution in [0.3, 0.4) is 0 Å². The van der Waals surface area contributed by atoms with E-state index in [1.54, 1.807) is 0 Å². The Bertz CT molecular complexity index is 586. The summed E-state index contributed by atoms with van der Waals surface area (Å²) < 4.78 is 0. The highest BCUT2D eigenvalue weighted by Gasteiger charge is 2.48. The van der Waals surface area contributed by atoms with Crippen molar-refractivity contribution in [3.05, 3.63) is 35.9 Å². The zero-order chi connectivity index (χ0) is 18.6. The Morgan fingerprint density at radius 3 is 2.46 bits per heavy atom. The second-order valence-corrected chi connectivity index (χ2v) is 7.96. The summed E-state index contributed by atoms with van der Waals surface area (Å²) in [7, 11) is 0. The molecule has 1 aromatic rings. The van der Waals surface area contributed by atoms with Gasteiger partial charge in [0, 0.05) is 19.1 Å². The largest absolute Gasteiger partial charge is 0.481 e. The van der Waals surface area contributed by atoms with Gasteiger partial charge >= 0.3 is 5.97 Å². The summed E-state index contributed by atoms with van der Waals surface area (Å²) in [6, 6.07) is 11.0. The maximum absolute atomic E-state index is 11.8. The molecule has 0 aromatic heterocycles. The van der Waals surface area contributed by atoms with Gasteiger partial charge in [0.15, 0.2) is 0 Å². The predicted molar refractivity (Wildman–Crippen MR) is 102 cm³/mol. The summed E-state index contributed by atoms with van der Waals surface area (Å²) in [5.74, 6) is -0.829. The molecular weight excluding hydrogens is 328 g/mol. The second kappa shape index (κ2) is 8.51. The van der Waals surface area contributed by atoms with Crippen LogP contribution in [0.1, 0.15) is 44.6 Å². The fourth-order valence-electron chi connectivity index (χ4n) is 4.71. The van der Waals surface area contributed by atoms with Crippen molar-refractivity contribution in [3.8, 4) is 0 Å². The van der Waals surface area contributed by atoms with E-state index in [2.05, 4.69) is 34.1 Å². The Balaban J connectivity index is 1.52. The molecule has 2 aliphatic rings. The Morgan fingerprint density at radius 2 is 1.88 bits per heavy atom. The lowest BCUT2D eigenvalue weighted by molar-refractivity contribution is -0.165. The van der Waals surface area contributed by atoms with Crippen LogP contribution in [0.5, 0.6) is 0 Å². The molecule has 1 aromatic carbocycles. The number of β-amino-alcohol motifs (C(OH)–C–C–N with tert-alkyl or cyclic N) is 1. The molecule has 26 heavy (non-hydrogen) atoms. The summed E-state index contributed by atoms with van der Waals surface area (Å²) in [5.41, 5.74) is 0.407. The molecule has 0 radical (unpaired) electrons. The van der Waals surface area contributed by atoms with Crippen molar-refractivity contribution in [2.24, 2.45) is 5.41 Å². The molecule has 3 rings (SSSR count). The SMILES string of the molecule is CCC[C@]1(C(=O)O)CCN(C2CCN(Cc3ccccc3)CC2)C[C@H]1O. The highest BCUT2D eigenvalue weighted by atomic mass is 16.4. The number of carboxylic acids is 1. The smallest absolute Gasteiger partial charge is 0.312 e. The van der Waals surface area contributed by atoms with Crippen molar-refractivity contribution in [1.82, 2.24) is 9.80 Å². The number of hydrogen-bond acceptors (Lipinski definition) is 4. The quantitative estimate of drug-likeness (QED) is 0.816. The molecule has 2 atom stereocenters. The molecule has 2 N–H and O–H groups in total. The predicted octanol–water partition coefficient (Wildman–Crippen LogP) is 2.59. The van der Waals surface area contributed by atoms with E-state index in [1.807, 2.05) is 13.0 Å². The third-order valence-corrected chi connectivity index (χ3v) is 6.33. The van der Waals surface area contributed by atoms with E-state index in [1.165, 1.54) is 5.56 Å². The van der Waals surface area contributed by atoms with Gasteiger partial charge in [-0.05, 0) is 50.9 Å². The van der Waals surface area contributed by atoms with Gasteiger partial charge in [-0.2, -0.15) is 0 Å². The van der Waals surface area contributed by atoms with Crippen LogP contribution < -0.4 is 0 Å². The van der Waals surface area contributed by atoms with Crippen molar-refractivity contribution in [3.63, 3.8) is 0 Å². The molecule has 0 bridgehead atoms. The average Bonchev–Trinajstić information content (AvgIpc) is 2.65. The number of piperidine rings is 2. The molecule has 0 aliphatic carbocycles. The zero-order valence-corrected chi connectivity index (χ0v) is 15.8. The Morgan fingerprint density at radius 1 is 1.19 bits per heavy atom. The molecule has 5 nitrogen and oxygen atoms in total. The van der Waals surface area contributed by atoms with Crippen molar-refractivity contribution >= 4 is 5.97 Å². The first-order valence-corrected chi connectivity index (χ1v) is 9.97. The summed E-state index contributed by atoms with van der Waals surface area (Å²) in [6.07, 6.45) is 3.33. The lowest BCUT2D eigenvalue weighted by Gasteiger charge is -2.47. The molecule has 2 aliphatic heterocycles. The molecule has 144 valence electrons. The van der Waals surface area contributed by atoms with E-state index in [9.17, 15) is 15.0 Å². The van der Waals surface area contributed by atoms with Gasteiger partial charge in [0.1, 0.15) is 0 Å². The van der Waals surface area contributed by atoms with E-state index in [4.69, 9.17) is 0 Å². The number of benzene rings is 1. The first-order valence-electron chi connectivity index (χ1n) is 9.97. The maximum Gasteiger partial charge on any atom is 0.312 e. The highest BCUT2D eigenvalue weighted by Crippen LogP contribution is 2.38. The fourth-order valence-corrected chi connectivity index (χ4v) is 4.71. The topological polar surface area (TPSA) is 64.0 Å². The third kappa shape index (κ3) is 4.11. The molecule has 0 amide bonds. The van der Waals surface area contributed by atoms with Crippen LogP contribution >= 0.6 is 0 Å². The normalized spacial score (nSPS) is 28.9. The van der Waals surface area contributed by atoms with Crippen molar-refractivity contribution < 1.29 is 15.0 Å². The number of aliphatic hydroxyl groups is 1. The minimum atomic E-state index is -0.945. The number of likely N-dealkylation sites (tertiary alicyclic amines) is 2. The lowest BCUT2D eigenvalue weighted by atomic mass is 9.72. The maximum atomic E-state index is 11.8. The number of carbonyl (C=O) groups is 1. The van der Waals surface area contributed by atoms with Gasteiger partial charge < -0.3 is 10.2 Å². The summed E-state index contributed by atoms with van der Waals surface area (Å²) in [6.45, 7) is 6.39. The van der Waals surface area contributed by atoms with Gasteiger partial charge in [0.25, 0.3) is 0 Å². The summed E-state index contributed by atoms with van der Waals surface area (Å²) in [4.78, 5) is 16.6. The van der Waals surface area contributed by atoms with Crippen LogP contribution in [0.2, 0.25) is 0 Å². The minimum Gasteiger partial charge on any atom is -0.481 e. The standard InChI is InChI=1S/C21H32N2O3/c1-2-10-21(20(25)26)11-14-23(16-19(21)24)18-8-12-22(13-9-18)15-17-6-4-3-5-7-17/h3-7,18-19,24H,2,8-16H2,1H3,(H,25,26)/t19-,21+/m1/s1. The fraction of sp³-hybridized carbons (Fsp3) is 0.667. The van der Waals surface area contributed by atoms with Crippen molar-refractivity contribution in [2.45, 2.75) is 57.7 Å². The Hall–Kier alpha value is -1.43. The molecule has 5 heteroatoms. The third-order valence-electron chi connectivity index (χ3n) is 6.33. The number of nitrogens with zero attached hydrogens (tertiary/aromatic N) is 2. The summed E-state index contributed by atoms with van der Waals surface area (Å²) >= 11 is 0. The van der Waals surface area contributed by atoms with Crippen molar-refractivity contribution in [2.75, 3.05) is 26.2 Å². The number of hydrogen-bond donors (Lipinski definition) is 2. The molecule has 2 saturated heterocycles. The van der Waals surface area contributed by atoms with Crippen LogP contribution in [0.25, 0.3) is 0 Å². The lowest BCUT2D eigenvalue weighted by Crippen LogP contribution is -2.58. The van der Waals surface area contributed by atoms with Crippen molar-refractivity contribution in [1.29, 1.82) is 0 Å². The van der Waals surface area contributed by atoms with E-state index >= 15 is 0 Å². The minimum absolute atomic E-state index is 0.463. The summed E-state index contributed by atoms with van der Waals surface area (Å²) in [5, 5.41) is 20.3.